The number of benzene rings is 3. The number of anilines is 1. The lowest BCUT2D eigenvalue weighted by Gasteiger charge is -2.30. The van der Waals surface area contributed by atoms with E-state index >= 15 is 0 Å². The Morgan fingerprint density at radius 2 is 1.85 bits per heavy atom. The Morgan fingerprint density at radius 1 is 1.08 bits per heavy atom. The van der Waals surface area contributed by atoms with E-state index < -0.39 is 6.04 Å². The monoisotopic (exact) mass is 376 g/mol. The molecule has 3 aromatic rings. The topological polar surface area (TPSA) is 44.1 Å². The van der Waals surface area contributed by atoms with E-state index in [2.05, 4.69) is 6.07 Å². The lowest BCUT2D eigenvalue weighted by molar-refractivity contribution is 0.264. The molecule has 1 heterocycles. The summed E-state index contributed by atoms with van der Waals surface area (Å²) in [6.45, 7) is 0. The third kappa shape index (κ3) is 2.96. The number of nitriles is 1. The minimum atomic E-state index is -0.629. The molecule has 3 nitrogen and oxygen atoms in total. The molecule has 26 heavy (non-hydrogen) atoms. The van der Waals surface area contributed by atoms with Gasteiger partial charge in [0.1, 0.15) is 6.04 Å². The second-order valence-electron chi connectivity index (χ2n) is 5.84. The Labute approximate surface area is 160 Å². The molecule has 0 saturated carbocycles. The second kappa shape index (κ2) is 6.87. The van der Waals surface area contributed by atoms with Crippen LogP contribution in [0, 0.1) is 11.3 Å². The van der Waals surface area contributed by atoms with Crippen LogP contribution in [0.1, 0.15) is 5.56 Å². The fourth-order valence-corrected chi connectivity index (χ4v) is 3.97. The standard InChI is InChI=1S/C21H13ClN2OS/c22-15-6-9-17(10-7-15)26-21(25)24-16(13-23)8-11-19-18-4-2-1-3-14(18)5-12-20(19)24/h1-12,16H. The molecular formula is C21H13ClN2OS. The van der Waals surface area contributed by atoms with E-state index in [1.807, 2.05) is 42.5 Å². The SMILES string of the molecule is N#CC1C=Cc2c(ccc3ccccc23)N1C(=O)Sc1ccc(Cl)cc1. The number of halogens is 1. The Bertz CT molecular complexity index is 1070. The molecule has 1 aliphatic rings. The highest BCUT2D eigenvalue weighted by Crippen LogP contribution is 2.37. The summed E-state index contributed by atoms with van der Waals surface area (Å²) >= 11 is 7.00. The molecule has 0 aromatic heterocycles. The van der Waals surface area contributed by atoms with Crippen LogP contribution < -0.4 is 4.90 Å². The summed E-state index contributed by atoms with van der Waals surface area (Å²) in [5.41, 5.74) is 1.71. The minimum absolute atomic E-state index is 0.195. The maximum absolute atomic E-state index is 13.0. The highest BCUT2D eigenvalue weighted by atomic mass is 35.5. The molecule has 0 radical (unpaired) electrons. The third-order valence-corrected chi connectivity index (χ3v) is 5.41. The number of carbonyl (C=O) groups excluding carboxylic acids is 1. The van der Waals surface area contributed by atoms with Crippen LogP contribution in [0.3, 0.4) is 0 Å². The molecule has 1 aliphatic heterocycles. The van der Waals surface area contributed by atoms with Crippen molar-refractivity contribution in [3.8, 4) is 6.07 Å². The smallest absolute Gasteiger partial charge is 0.282 e. The zero-order valence-electron chi connectivity index (χ0n) is 13.6. The van der Waals surface area contributed by atoms with Crippen molar-refractivity contribution >= 4 is 51.1 Å². The van der Waals surface area contributed by atoms with Crippen LogP contribution in [0.2, 0.25) is 5.02 Å². The highest BCUT2D eigenvalue weighted by Gasteiger charge is 2.29. The quantitative estimate of drug-likeness (QED) is 0.480. The number of fused-ring (bicyclic) bond motifs is 3. The number of nitrogens with zero attached hydrogens (tertiary/aromatic N) is 2. The Hall–Kier alpha value is -2.74. The molecule has 0 saturated heterocycles. The van der Waals surface area contributed by atoms with Crippen molar-refractivity contribution in [3.05, 3.63) is 77.3 Å². The molecular weight excluding hydrogens is 364 g/mol. The first-order chi connectivity index (χ1) is 12.7. The summed E-state index contributed by atoms with van der Waals surface area (Å²) in [6.07, 6.45) is 3.71. The lowest BCUT2D eigenvalue weighted by Crippen LogP contribution is -2.38. The van der Waals surface area contributed by atoms with E-state index in [4.69, 9.17) is 11.6 Å². The van der Waals surface area contributed by atoms with Gasteiger partial charge in [-0.25, -0.2) is 0 Å². The summed E-state index contributed by atoms with van der Waals surface area (Å²) < 4.78 is 0. The molecule has 1 atom stereocenters. The maximum atomic E-state index is 13.0. The van der Waals surface area contributed by atoms with Gasteiger partial charge in [-0.15, -0.1) is 0 Å². The van der Waals surface area contributed by atoms with Gasteiger partial charge in [0.05, 0.1) is 11.8 Å². The van der Waals surface area contributed by atoms with Gasteiger partial charge in [0.25, 0.3) is 5.24 Å². The molecule has 0 fully saturated rings. The molecule has 1 amide bonds. The van der Waals surface area contributed by atoms with Crippen molar-refractivity contribution in [2.75, 3.05) is 4.90 Å². The van der Waals surface area contributed by atoms with Gasteiger partial charge in [-0.1, -0.05) is 48.0 Å². The molecule has 5 heteroatoms. The third-order valence-electron chi connectivity index (χ3n) is 4.28. The van der Waals surface area contributed by atoms with Gasteiger partial charge < -0.3 is 0 Å². The van der Waals surface area contributed by atoms with E-state index in [1.165, 1.54) is 0 Å². The molecule has 3 aromatic carbocycles. The van der Waals surface area contributed by atoms with Crippen LogP contribution in [-0.4, -0.2) is 11.3 Å². The molecule has 0 bridgehead atoms. The first-order valence-electron chi connectivity index (χ1n) is 8.03. The molecule has 4 rings (SSSR count). The summed E-state index contributed by atoms with van der Waals surface area (Å²) in [4.78, 5) is 15.3. The molecule has 126 valence electrons. The summed E-state index contributed by atoms with van der Waals surface area (Å²) in [5, 5.41) is 12.1. The summed E-state index contributed by atoms with van der Waals surface area (Å²) in [5.74, 6) is 0. The van der Waals surface area contributed by atoms with Gasteiger partial charge in [-0.3, -0.25) is 9.69 Å². The first-order valence-corrected chi connectivity index (χ1v) is 9.23. The molecule has 1 unspecified atom stereocenters. The Morgan fingerprint density at radius 3 is 2.62 bits per heavy atom. The van der Waals surface area contributed by atoms with Crippen molar-refractivity contribution in [1.29, 1.82) is 5.26 Å². The van der Waals surface area contributed by atoms with Crippen LogP contribution in [0.15, 0.2) is 71.6 Å². The Kier molecular flexibility index (Phi) is 4.42. The van der Waals surface area contributed by atoms with Gasteiger partial charge in [-0.2, -0.15) is 5.26 Å². The fraction of sp³-hybridized carbons (Fsp3) is 0.0476. The number of hydrogen-bond donors (Lipinski definition) is 0. The van der Waals surface area contributed by atoms with E-state index in [1.54, 1.807) is 35.2 Å². The highest BCUT2D eigenvalue weighted by molar-refractivity contribution is 8.14. The van der Waals surface area contributed by atoms with Crippen molar-refractivity contribution in [1.82, 2.24) is 0 Å². The van der Waals surface area contributed by atoms with E-state index in [-0.39, 0.29) is 5.24 Å². The van der Waals surface area contributed by atoms with Crippen molar-refractivity contribution in [3.63, 3.8) is 0 Å². The molecule has 0 aliphatic carbocycles. The van der Waals surface area contributed by atoms with Crippen LogP contribution in [-0.2, 0) is 0 Å². The predicted molar refractivity (Wildman–Crippen MR) is 108 cm³/mol. The average molecular weight is 377 g/mol. The second-order valence-corrected chi connectivity index (χ2v) is 7.31. The number of rotatable bonds is 1. The van der Waals surface area contributed by atoms with E-state index in [9.17, 15) is 10.1 Å². The summed E-state index contributed by atoms with van der Waals surface area (Å²) in [6, 6.07) is 20.6. The van der Waals surface area contributed by atoms with Crippen molar-refractivity contribution in [2.45, 2.75) is 10.9 Å². The average Bonchev–Trinajstić information content (AvgIpc) is 2.68. The van der Waals surface area contributed by atoms with Gasteiger partial charge >= 0.3 is 0 Å². The number of amides is 1. The summed E-state index contributed by atoms with van der Waals surface area (Å²) in [7, 11) is 0. The first kappa shape index (κ1) is 16.7. The van der Waals surface area contributed by atoms with E-state index in [0.29, 0.717) is 5.02 Å². The maximum Gasteiger partial charge on any atom is 0.292 e. The van der Waals surface area contributed by atoms with Crippen LogP contribution in [0.4, 0.5) is 10.5 Å². The normalized spacial score (nSPS) is 15.5. The van der Waals surface area contributed by atoms with Gasteiger partial charge in [-0.05, 0) is 58.9 Å². The minimum Gasteiger partial charge on any atom is -0.282 e. The van der Waals surface area contributed by atoms with Crippen LogP contribution >= 0.6 is 23.4 Å². The predicted octanol–water partition coefficient (Wildman–Crippen LogP) is 6.13. The zero-order valence-corrected chi connectivity index (χ0v) is 15.2. The fourth-order valence-electron chi connectivity index (χ4n) is 3.06. The molecule has 0 spiro atoms. The van der Waals surface area contributed by atoms with Crippen molar-refractivity contribution in [2.24, 2.45) is 0 Å². The van der Waals surface area contributed by atoms with Gasteiger partial charge in [0, 0.05) is 15.5 Å². The largest absolute Gasteiger partial charge is 0.292 e. The Balaban J connectivity index is 1.76. The van der Waals surface area contributed by atoms with Gasteiger partial charge in [0.2, 0.25) is 0 Å². The lowest BCUT2D eigenvalue weighted by atomic mass is 9.97. The number of thioether (sulfide) groups is 1. The van der Waals surface area contributed by atoms with Crippen LogP contribution in [0.25, 0.3) is 16.8 Å². The molecule has 0 N–H and O–H groups in total. The number of carbonyl (C=O) groups is 1. The van der Waals surface area contributed by atoms with Gasteiger partial charge in [0.15, 0.2) is 0 Å². The number of hydrogen-bond acceptors (Lipinski definition) is 3. The van der Waals surface area contributed by atoms with E-state index in [0.717, 1.165) is 38.7 Å². The van der Waals surface area contributed by atoms with Crippen LogP contribution in [0.5, 0.6) is 0 Å². The zero-order chi connectivity index (χ0) is 18.1. The van der Waals surface area contributed by atoms with Crippen molar-refractivity contribution < 1.29 is 4.79 Å².